The predicted octanol–water partition coefficient (Wildman–Crippen LogP) is 3.86. The van der Waals surface area contributed by atoms with Crippen molar-refractivity contribution in [2.24, 2.45) is 0 Å². The summed E-state index contributed by atoms with van der Waals surface area (Å²) in [5.41, 5.74) is 3.21. The quantitative estimate of drug-likeness (QED) is 0.775. The van der Waals surface area contributed by atoms with Crippen LogP contribution in [0.2, 0.25) is 0 Å². The van der Waals surface area contributed by atoms with E-state index >= 15 is 0 Å². The van der Waals surface area contributed by atoms with E-state index in [1.165, 1.54) is 23.9 Å². The smallest absolute Gasteiger partial charge is 0.252 e. The van der Waals surface area contributed by atoms with Gasteiger partial charge < -0.3 is 5.32 Å². The van der Waals surface area contributed by atoms with E-state index in [0.717, 1.165) is 12.0 Å². The number of carbonyl (C=O) groups is 1. The molecule has 24 heavy (non-hydrogen) atoms. The van der Waals surface area contributed by atoms with Gasteiger partial charge in [0.2, 0.25) is 0 Å². The second-order valence-corrected chi connectivity index (χ2v) is 5.43. The van der Waals surface area contributed by atoms with Crippen LogP contribution >= 0.6 is 0 Å². The van der Waals surface area contributed by atoms with E-state index < -0.39 is 0 Å². The number of rotatable bonds is 5. The maximum absolute atomic E-state index is 12.9. The predicted molar refractivity (Wildman–Crippen MR) is 92.1 cm³/mol. The molecule has 0 radical (unpaired) electrons. The lowest BCUT2D eigenvalue weighted by atomic mass is 10.1. The lowest BCUT2D eigenvalue weighted by molar-refractivity contribution is 0.0954. The van der Waals surface area contributed by atoms with E-state index in [0.29, 0.717) is 17.8 Å². The number of pyridine rings is 1. The molecular formula is C20H17FN2O. The van der Waals surface area contributed by atoms with Crippen molar-refractivity contribution in [2.75, 3.05) is 6.54 Å². The van der Waals surface area contributed by atoms with Crippen LogP contribution in [0, 0.1) is 5.82 Å². The Hall–Kier alpha value is -3.01. The molecule has 0 unspecified atom stereocenters. The summed E-state index contributed by atoms with van der Waals surface area (Å²) in [4.78, 5) is 16.4. The summed E-state index contributed by atoms with van der Waals surface area (Å²) in [6.45, 7) is 0.572. The van der Waals surface area contributed by atoms with Gasteiger partial charge in [0.25, 0.3) is 5.91 Å². The monoisotopic (exact) mass is 320 g/mol. The van der Waals surface area contributed by atoms with E-state index in [1.807, 2.05) is 30.3 Å². The second-order valence-electron chi connectivity index (χ2n) is 5.43. The van der Waals surface area contributed by atoms with Gasteiger partial charge in [-0.15, -0.1) is 0 Å². The Bertz CT molecular complexity index is 799. The third kappa shape index (κ3) is 4.04. The van der Waals surface area contributed by atoms with Crippen molar-refractivity contribution in [1.82, 2.24) is 10.3 Å². The molecule has 0 saturated heterocycles. The molecule has 0 atom stereocenters. The molecule has 120 valence electrons. The molecular weight excluding hydrogens is 303 g/mol. The maximum atomic E-state index is 12.9. The Balaban J connectivity index is 1.58. The molecule has 0 fully saturated rings. The van der Waals surface area contributed by atoms with Crippen LogP contribution in [0.1, 0.15) is 15.9 Å². The molecule has 3 aromatic rings. The average Bonchev–Trinajstić information content (AvgIpc) is 2.63. The third-order valence-electron chi connectivity index (χ3n) is 3.71. The molecule has 0 bridgehead atoms. The van der Waals surface area contributed by atoms with Gasteiger partial charge in [-0.3, -0.25) is 9.78 Å². The fourth-order valence-corrected chi connectivity index (χ4v) is 2.39. The summed E-state index contributed by atoms with van der Waals surface area (Å²) in [5.74, 6) is -0.433. The molecule has 1 heterocycles. The molecule has 0 aliphatic carbocycles. The number of nitrogens with one attached hydrogen (secondary N) is 1. The van der Waals surface area contributed by atoms with Crippen LogP contribution in [-0.4, -0.2) is 17.4 Å². The number of hydrogen-bond donors (Lipinski definition) is 1. The molecule has 0 saturated carbocycles. The Kier molecular flexibility index (Phi) is 4.96. The van der Waals surface area contributed by atoms with Gasteiger partial charge in [-0.1, -0.05) is 30.3 Å². The first-order chi connectivity index (χ1) is 11.7. The zero-order valence-electron chi connectivity index (χ0n) is 13.1. The minimum absolute atomic E-state index is 0.149. The van der Waals surface area contributed by atoms with Gasteiger partial charge in [-0.05, 0) is 48.4 Å². The van der Waals surface area contributed by atoms with Crippen LogP contribution in [0.3, 0.4) is 0 Å². The lowest BCUT2D eigenvalue weighted by Crippen LogP contribution is -2.25. The van der Waals surface area contributed by atoms with E-state index in [2.05, 4.69) is 10.3 Å². The number of carbonyl (C=O) groups excluding carboxylic acids is 1. The topological polar surface area (TPSA) is 42.0 Å². The van der Waals surface area contributed by atoms with Crippen molar-refractivity contribution >= 4 is 5.91 Å². The van der Waals surface area contributed by atoms with Crippen LogP contribution in [0.25, 0.3) is 11.3 Å². The highest BCUT2D eigenvalue weighted by atomic mass is 19.1. The molecule has 3 rings (SSSR count). The zero-order valence-corrected chi connectivity index (χ0v) is 13.1. The first-order valence-corrected chi connectivity index (χ1v) is 7.76. The zero-order chi connectivity index (χ0) is 16.8. The van der Waals surface area contributed by atoms with E-state index in [4.69, 9.17) is 0 Å². The summed E-state index contributed by atoms with van der Waals surface area (Å²) in [6.07, 6.45) is 2.32. The van der Waals surface area contributed by atoms with Gasteiger partial charge in [-0.25, -0.2) is 4.39 Å². The fraction of sp³-hybridized carbons (Fsp3) is 0.100. The molecule has 1 N–H and O–H groups in total. The summed E-state index contributed by atoms with van der Waals surface area (Å²) < 4.78 is 12.9. The highest BCUT2D eigenvalue weighted by molar-refractivity contribution is 5.94. The molecule has 4 heteroatoms. The minimum Gasteiger partial charge on any atom is -0.352 e. The normalized spacial score (nSPS) is 10.4. The van der Waals surface area contributed by atoms with Crippen LogP contribution in [0.15, 0.2) is 72.9 Å². The lowest BCUT2D eigenvalue weighted by Gasteiger charge is -2.06. The van der Waals surface area contributed by atoms with Gasteiger partial charge in [-0.2, -0.15) is 0 Å². The largest absolute Gasteiger partial charge is 0.352 e. The van der Waals surface area contributed by atoms with Gasteiger partial charge in [0.05, 0.1) is 11.3 Å². The highest BCUT2D eigenvalue weighted by Gasteiger charge is 2.07. The van der Waals surface area contributed by atoms with Crippen molar-refractivity contribution in [3.05, 3.63) is 89.9 Å². The van der Waals surface area contributed by atoms with E-state index in [1.54, 1.807) is 24.3 Å². The van der Waals surface area contributed by atoms with Crippen LogP contribution in [0.5, 0.6) is 0 Å². The number of hydrogen-bond acceptors (Lipinski definition) is 2. The molecule has 3 nitrogen and oxygen atoms in total. The van der Waals surface area contributed by atoms with Gasteiger partial charge >= 0.3 is 0 Å². The number of benzene rings is 2. The highest BCUT2D eigenvalue weighted by Crippen LogP contribution is 2.17. The first kappa shape index (κ1) is 15.9. The van der Waals surface area contributed by atoms with Crippen LogP contribution < -0.4 is 5.32 Å². The van der Waals surface area contributed by atoms with Crippen LogP contribution in [0.4, 0.5) is 4.39 Å². The maximum Gasteiger partial charge on any atom is 0.252 e. The fourth-order valence-electron chi connectivity index (χ4n) is 2.39. The molecule has 1 amide bonds. The summed E-state index contributed by atoms with van der Waals surface area (Å²) >= 11 is 0. The van der Waals surface area contributed by atoms with Crippen molar-refractivity contribution in [2.45, 2.75) is 6.42 Å². The van der Waals surface area contributed by atoms with Crippen molar-refractivity contribution in [3.8, 4) is 11.3 Å². The molecule has 0 aliphatic rings. The number of aromatic nitrogens is 1. The third-order valence-corrected chi connectivity index (χ3v) is 3.71. The Labute approximate surface area is 140 Å². The van der Waals surface area contributed by atoms with E-state index in [9.17, 15) is 9.18 Å². The number of halogens is 1. The average molecular weight is 320 g/mol. The first-order valence-electron chi connectivity index (χ1n) is 7.76. The summed E-state index contributed by atoms with van der Waals surface area (Å²) in [5, 5.41) is 2.89. The molecule has 0 spiro atoms. The van der Waals surface area contributed by atoms with Gasteiger partial charge in [0, 0.05) is 18.3 Å². The standard InChI is InChI=1S/C20H17FN2O/c21-18-9-6-16(7-10-18)19-11-8-17(14-23-19)20(24)22-13-12-15-4-2-1-3-5-15/h1-11,14H,12-13H2,(H,22,24). The Morgan fingerprint density at radius 1 is 0.958 bits per heavy atom. The Morgan fingerprint density at radius 3 is 2.38 bits per heavy atom. The SMILES string of the molecule is O=C(NCCc1ccccc1)c1ccc(-c2ccc(F)cc2)nc1. The van der Waals surface area contributed by atoms with Crippen molar-refractivity contribution in [3.63, 3.8) is 0 Å². The minimum atomic E-state index is -0.284. The molecule has 2 aromatic carbocycles. The molecule has 0 aliphatic heterocycles. The van der Waals surface area contributed by atoms with Gasteiger partial charge in [0.15, 0.2) is 0 Å². The van der Waals surface area contributed by atoms with Crippen molar-refractivity contribution in [1.29, 1.82) is 0 Å². The Morgan fingerprint density at radius 2 is 1.71 bits per heavy atom. The number of nitrogens with zero attached hydrogens (tertiary/aromatic N) is 1. The second kappa shape index (κ2) is 7.51. The summed E-state index contributed by atoms with van der Waals surface area (Å²) in [7, 11) is 0. The molecule has 1 aromatic heterocycles. The van der Waals surface area contributed by atoms with Crippen LogP contribution in [-0.2, 0) is 6.42 Å². The van der Waals surface area contributed by atoms with Gasteiger partial charge in [0.1, 0.15) is 5.82 Å². The number of amides is 1. The summed E-state index contributed by atoms with van der Waals surface area (Å²) in [6, 6.07) is 19.6. The van der Waals surface area contributed by atoms with Crippen molar-refractivity contribution < 1.29 is 9.18 Å². The van der Waals surface area contributed by atoms with E-state index in [-0.39, 0.29) is 11.7 Å².